The van der Waals surface area contributed by atoms with Crippen molar-refractivity contribution >= 4 is 22.9 Å². The van der Waals surface area contributed by atoms with Crippen LogP contribution in [0.4, 0.5) is 0 Å². The number of hydrazine groups is 1. The lowest BCUT2D eigenvalue weighted by molar-refractivity contribution is 0.0941. The molecule has 0 aliphatic heterocycles. The summed E-state index contributed by atoms with van der Waals surface area (Å²) in [5.74, 6) is -0.226. The summed E-state index contributed by atoms with van der Waals surface area (Å²) in [6.07, 6.45) is 3.74. The molecule has 0 saturated carbocycles. The summed E-state index contributed by atoms with van der Waals surface area (Å²) in [5, 5.41) is 0.817. The highest BCUT2D eigenvalue weighted by Crippen LogP contribution is 2.17. The zero-order valence-corrected chi connectivity index (χ0v) is 14.0. The first-order valence-corrected chi connectivity index (χ1v) is 7.98. The molecule has 0 radical (unpaired) electrons. The molecule has 0 unspecified atom stereocenters. The van der Waals surface area contributed by atoms with E-state index in [1.807, 2.05) is 73.7 Å². The van der Waals surface area contributed by atoms with E-state index in [1.165, 1.54) is 0 Å². The maximum absolute atomic E-state index is 12.5. The van der Waals surface area contributed by atoms with Gasteiger partial charge in [0.25, 0.3) is 5.91 Å². The van der Waals surface area contributed by atoms with E-state index in [0.29, 0.717) is 11.3 Å². The number of rotatable bonds is 5. The van der Waals surface area contributed by atoms with Gasteiger partial charge in [-0.3, -0.25) is 20.6 Å². The summed E-state index contributed by atoms with van der Waals surface area (Å²) < 4.78 is 0. The Morgan fingerprint density at radius 1 is 1.04 bits per heavy atom. The molecule has 3 aromatic rings. The van der Waals surface area contributed by atoms with E-state index in [-0.39, 0.29) is 5.91 Å². The van der Waals surface area contributed by atoms with Gasteiger partial charge in [-0.1, -0.05) is 61.2 Å². The fourth-order valence-corrected chi connectivity index (χ4v) is 2.50. The molecule has 4 heteroatoms. The number of allylic oxidation sites excluding steroid dienone is 1. The minimum Gasteiger partial charge on any atom is -0.299 e. The van der Waals surface area contributed by atoms with Gasteiger partial charge < -0.3 is 0 Å². The Labute approximate surface area is 146 Å². The fourth-order valence-electron chi connectivity index (χ4n) is 2.50. The van der Waals surface area contributed by atoms with E-state index in [4.69, 9.17) is 0 Å². The Morgan fingerprint density at radius 2 is 1.76 bits per heavy atom. The zero-order valence-electron chi connectivity index (χ0n) is 14.0. The molecule has 0 saturated heterocycles. The average molecular weight is 329 g/mol. The van der Waals surface area contributed by atoms with Crippen LogP contribution in [-0.2, 0) is 0 Å². The van der Waals surface area contributed by atoms with Crippen LogP contribution in [0.1, 0.15) is 21.6 Å². The minimum atomic E-state index is -0.226. The molecule has 1 aromatic heterocycles. The lowest BCUT2D eigenvalue weighted by atomic mass is 10.1. The van der Waals surface area contributed by atoms with Gasteiger partial charge in [0.1, 0.15) is 0 Å². The molecule has 0 fully saturated rings. The smallest absolute Gasteiger partial charge is 0.270 e. The Balaban J connectivity index is 1.69. The number of fused-ring (bicyclic) bond motifs is 1. The molecule has 0 aliphatic carbocycles. The Kier molecular flexibility index (Phi) is 4.90. The van der Waals surface area contributed by atoms with E-state index >= 15 is 0 Å². The second-order valence-corrected chi connectivity index (χ2v) is 5.68. The average Bonchev–Trinajstić information content (AvgIpc) is 2.64. The third kappa shape index (κ3) is 4.12. The van der Waals surface area contributed by atoms with Crippen molar-refractivity contribution in [1.29, 1.82) is 0 Å². The highest BCUT2D eigenvalue weighted by atomic mass is 16.2. The van der Waals surface area contributed by atoms with Crippen LogP contribution in [-0.4, -0.2) is 10.9 Å². The number of amides is 1. The van der Waals surface area contributed by atoms with Gasteiger partial charge in [0.2, 0.25) is 0 Å². The number of hydrogen-bond donors (Lipinski definition) is 2. The van der Waals surface area contributed by atoms with Crippen molar-refractivity contribution in [3.8, 4) is 0 Å². The second-order valence-electron chi connectivity index (χ2n) is 5.68. The molecule has 2 N–H and O–H groups in total. The van der Waals surface area contributed by atoms with Crippen molar-refractivity contribution in [3.63, 3.8) is 0 Å². The van der Waals surface area contributed by atoms with Gasteiger partial charge in [-0.15, -0.1) is 0 Å². The number of aromatic nitrogens is 1. The molecular weight excluding hydrogens is 310 g/mol. The minimum absolute atomic E-state index is 0.226. The summed E-state index contributed by atoms with van der Waals surface area (Å²) in [6, 6.07) is 19.3. The van der Waals surface area contributed by atoms with Gasteiger partial charge in [-0.25, -0.2) is 0 Å². The number of carbonyl (C=O) groups is 1. The summed E-state index contributed by atoms with van der Waals surface area (Å²) >= 11 is 0. The van der Waals surface area contributed by atoms with Crippen LogP contribution in [0.25, 0.3) is 17.0 Å². The van der Waals surface area contributed by atoms with Crippen molar-refractivity contribution in [2.75, 3.05) is 0 Å². The van der Waals surface area contributed by atoms with E-state index in [0.717, 1.165) is 22.2 Å². The maximum atomic E-state index is 12.5. The van der Waals surface area contributed by atoms with Gasteiger partial charge in [0.15, 0.2) is 0 Å². The number of para-hydroxylation sites is 1. The molecule has 0 aliphatic rings. The number of hydrogen-bond acceptors (Lipinski definition) is 3. The Hall–Kier alpha value is -3.40. The lowest BCUT2D eigenvalue weighted by Crippen LogP contribution is -2.36. The standard InChI is InChI=1S/C21H19N3O/c1-15(12-13-17-8-4-3-5-9-17)23-24-21(25)19-14-16(2)22-20-11-7-6-10-18(19)20/h3-14,23H,1H2,2H3,(H,24,25). The summed E-state index contributed by atoms with van der Waals surface area (Å²) in [7, 11) is 0. The number of nitrogens with one attached hydrogen (secondary N) is 2. The third-order valence-corrected chi connectivity index (χ3v) is 3.70. The maximum Gasteiger partial charge on any atom is 0.270 e. The fraction of sp³-hybridized carbons (Fsp3) is 0.0476. The molecule has 1 amide bonds. The van der Waals surface area contributed by atoms with E-state index in [9.17, 15) is 4.79 Å². The van der Waals surface area contributed by atoms with Crippen LogP contribution in [0.15, 0.2) is 79.0 Å². The lowest BCUT2D eigenvalue weighted by Gasteiger charge is -2.11. The Morgan fingerprint density at radius 3 is 2.56 bits per heavy atom. The predicted octanol–water partition coefficient (Wildman–Crippen LogP) is 4.00. The molecular formula is C21H19N3O. The Bertz CT molecular complexity index is 946. The van der Waals surface area contributed by atoms with Crippen LogP contribution >= 0.6 is 0 Å². The molecule has 0 bridgehead atoms. The molecule has 124 valence electrons. The highest BCUT2D eigenvalue weighted by molar-refractivity contribution is 6.06. The largest absolute Gasteiger partial charge is 0.299 e. The summed E-state index contributed by atoms with van der Waals surface area (Å²) in [4.78, 5) is 17.0. The third-order valence-electron chi connectivity index (χ3n) is 3.70. The molecule has 0 atom stereocenters. The predicted molar refractivity (Wildman–Crippen MR) is 102 cm³/mol. The molecule has 2 aromatic carbocycles. The van der Waals surface area contributed by atoms with Crippen LogP contribution in [0.2, 0.25) is 0 Å². The first-order valence-electron chi connectivity index (χ1n) is 7.98. The zero-order chi connectivity index (χ0) is 17.6. The number of aryl methyl sites for hydroxylation is 1. The molecule has 0 spiro atoms. The number of nitrogens with zero attached hydrogens (tertiary/aromatic N) is 1. The van der Waals surface area contributed by atoms with E-state index < -0.39 is 0 Å². The molecule has 25 heavy (non-hydrogen) atoms. The van der Waals surface area contributed by atoms with Crippen molar-refractivity contribution in [2.24, 2.45) is 0 Å². The highest BCUT2D eigenvalue weighted by Gasteiger charge is 2.11. The summed E-state index contributed by atoms with van der Waals surface area (Å²) in [6.45, 7) is 5.76. The number of pyridine rings is 1. The first-order chi connectivity index (χ1) is 12.1. The quantitative estimate of drug-likeness (QED) is 0.549. The first kappa shape index (κ1) is 16.5. The summed E-state index contributed by atoms with van der Waals surface area (Å²) in [5.41, 5.74) is 9.35. The van der Waals surface area contributed by atoms with Crippen LogP contribution < -0.4 is 10.9 Å². The monoisotopic (exact) mass is 329 g/mol. The topological polar surface area (TPSA) is 54.0 Å². The number of benzene rings is 2. The van der Waals surface area contributed by atoms with E-state index in [2.05, 4.69) is 22.4 Å². The van der Waals surface area contributed by atoms with E-state index in [1.54, 1.807) is 6.07 Å². The van der Waals surface area contributed by atoms with Gasteiger partial charge in [0.05, 0.1) is 11.1 Å². The van der Waals surface area contributed by atoms with Gasteiger partial charge in [0, 0.05) is 16.8 Å². The van der Waals surface area contributed by atoms with Gasteiger partial charge in [-0.2, -0.15) is 0 Å². The molecule has 1 heterocycles. The molecule has 3 rings (SSSR count). The van der Waals surface area contributed by atoms with Crippen molar-refractivity contribution < 1.29 is 4.79 Å². The van der Waals surface area contributed by atoms with Crippen molar-refractivity contribution in [2.45, 2.75) is 6.92 Å². The van der Waals surface area contributed by atoms with Crippen molar-refractivity contribution in [1.82, 2.24) is 15.8 Å². The molecule has 4 nitrogen and oxygen atoms in total. The SMILES string of the molecule is C=C(C=Cc1ccccc1)NNC(=O)c1cc(C)nc2ccccc12. The van der Waals surface area contributed by atoms with Crippen LogP contribution in [0.3, 0.4) is 0 Å². The normalized spacial score (nSPS) is 10.8. The van der Waals surface area contributed by atoms with Crippen LogP contribution in [0.5, 0.6) is 0 Å². The van der Waals surface area contributed by atoms with Gasteiger partial charge >= 0.3 is 0 Å². The van der Waals surface area contributed by atoms with Crippen molar-refractivity contribution in [3.05, 3.63) is 95.8 Å². The van der Waals surface area contributed by atoms with Gasteiger partial charge in [-0.05, 0) is 30.7 Å². The number of carbonyl (C=O) groups excluding carboxylic acids is 1. The van der Waals surface area contributed by atoms with Crippen LogP contribution in [0, 0.1) is 6.92 Å². The second kappa shape index (κ2) is 7.45.